The van der Waals surface area contributed by atoms with Gasteiger partial charge >= 0.3 is 0 Å². The lowest BCUT2D eigenvalue weighted by Crippen LogP contribution is -2.34. The first-order chi connectivity index (χ1) is 9.28. The van der Waals surface area contributed by atoms with Crippen LogP contribution in [-0.2, 0) is 0 Å². The van der Waals surface area contributed by atoms with E-state index in [2.05, 4.69) is 17.0 Å². The predicted octanol–water partition coefficient (Wildman–Crippen LogP) is 3.44. The highest BCUT2D eigenvalue weighted by atomic mass is 16.5. The Hall–Kier alpha value is -1.38. The van der Waals surface area contributed by atoms with Crippen LogP contribution >= 0.6 is 0 Å². The standard InChI is InChI=1S/C16H24N2O/c1-19-15-10-13(17)9-14(11-15)18-8-4-7-16(18)12-5-2-3-6-12/h9-12,16H,2-8,17H2,1H3. The second-order valence-corrected chi connectivity index (χ2v) is 5.91. The molecule has 1 atom stereocenters. The van der Waals surface area contributed by atoms with E-state index in [4.69, 9.17) is 10.5 Å². The molecule has 3 rings (SSSR count). The number of anilines is 2. The van der Waals surface area contributed by atoms with Gasteiger partial charge in [0.25, 0.3) is 0 Å². The predicted molar refractivity (Wildman–Crippen MR) is 79.7 cm³/mol. The van der Waals surface area contributed by atoms with Gasteiger partial charge < -0.3 is 15.4 Å². The topological polar surface area (TPSA) is 38.5 Å². The van der Waals surface area contributed by atoms with E-state index < -0.39 is 0 Å². The Morgan fingerprint density at radius 1 is 1.11 bits per heavy atom. The molecule has 2 fully saturated rings. The molecule has 0 amide bonds. The highest BCUT2D eigenvalue weighted by Gasteiger charge is 2.33. The number of rotatable bonds is 3. The Kier molecular flexibility index (Phi) is 3.54. The fourth-order valence-electron chi connectivity index (χ4n) is 3.83. The van der Waals surface area contributed by atoms with Gasteiger partial charge in [-0.15, -0.1) is 0 Å². The van der Waals surface area contributed by atoms with Crippen molar-refractivity contribution in [2.45, 2.75) is 44.6 Å². The average Bonchev–Trinajstić information content (AvgIpc) is 3.08. The zero-order chi connectivity index (χ0) is 13.2. The maximum Gasteiger partial charge on any atom is 0.122 e. The summed E-state index contributed by atoms with van der Waals surface area (Å²) < 4.78 is 5.35. The van der Waals surface area contributed by atoms with E-state index in [1.807, 2.05) is 6.07 Å². The lowest BCUT2D eigenvalue weighted by molar-refractivity contribution is 0.413. The molecule has 3 nitrogen and oxygen atoms in total. The molecule has 1 aliphatic carbocycles. The molecule has 2 aliphatic rings. The number of nitrogens with two attached hydrogens (primary N) is 1. The van der Waals surface area contributed by atoms with E-state index in [0.717, 1.165) is 23.9 Å². The monoisotopic (exact) mass is 260 g/mol. The second kappa shape index (κ2) is 5.32. The highest BCUT2D eigenvalue weighted by molar-refractivity contribution is 5.61. The minimum atomic E-state index is 0.717. The maximum atomic E-state index is 5.99. The highest BCUT2D eigenvalue weighted by Crippen LogP contribution is 2.39. The molecule has 1 saturated heterocycles. The lowest BCUT2D eigenvalue weighted by Gasteiger charge is -2.31. The molecule has 1 unspecified atom stereocenters. The molecule has 0 spiro atoms. The third kappa shape index (κ3) is 2.51. The summed E-state index contributed by atoms with van der Waals surface area (Å²) in [5.41, 5.74) is 8.03. The van der Waals surface area contributed by atoms with E-state index >= 15 is 0 Å². The van der Waals surface area contributed by atoms with E-state index in [-0.39, 0.29) is 0 Å². The van der Waals surface area contributed by atoms with Crippen LogP contribution in [0, 0.1) is 5.92 Å². The summed E-state index contributed by atoms with van der Waals surface area (Å²) in [6.07, 6.45) is 8.27. The van der Waals surface area contributed by atoms with E-state index in [9.17, 15) is 0 Å². The van der Waals surface area contributed by atoms with Gasteiger partial charge in [-0.25, -0.2) is 0 Å². The average molecular weight is 260 g/mol. The molecule has 1 saturated carbocycles. The van der Waals surface area contributed by atoms with Gasteiger partial charge in [-0.1, -0.05) is 12.8 Å². The Labute approximate surface area is 115 Å². The Morgan fingerprint density at radius 2 is 1.89 bits per heavy atom. The first-order valence-corrected chi connectivity index (χ1v) is 7.49. The van der Waals surface area contributed by atoms with Gasteiger partial charge in [0, 0.05) is 36.1 Å². The van der Waals surface area contributed by atoms with Gasteiger partial charge in [0.1, 0.15) is 5.75 Å². The molecule has 104 valence electrons. The van der Waals surface area contributed by atoms with Crippen LogP contribution in [0.4, 0.5) is 11.4 Å². The normalized spacial score (nSPS) is 24.1. The number of hydrogen-bond acceptors (Lipinski definition) is 3. The summed E-state index contributed by atoms with van der Waals surface area (Å²) in [7, 11) is 1.71. The van der Waals surface area contributed by atoms with E-state index in [0.29, 0.717) is 6.04 Å². The van der Waals surface area contributed by atoms with E-state index in [1.165, 1.54) is 44.2 Å². The Morgan fingerprint density at radius 3 is 2.63 bits per heavy atom. The molecule has 1 aromatic rings. The summed E-state index contributed by atoms with van der Waals surface area (Å²) in [4.78, 5) is 2.56. The van der Waals surface area contributed by atoms with Crippen molar-refractivity contribution < 1.29 is 4.74 Å². The SMILES string of the molecule is COc1cc(N)cc(N2CCCC2C2CCCC2)c1. The molecule has 1 heterocycles. The van der Waals surface area contributed by atoms with Crippen molar-refractivity contribution in [3.05, 3.63) is 18.2 Å². The van der Waals surface area contributed by atoms with E-state index in [1.54, 1.807) is 7.11 Å². The minimum absolute atomic E-state index is 0.717. The molecule has 3 heteroatoms. The summed E-state index contributed by atoms with van der Waals surface area (Å²) in [6.45, 7) is 1.16. The first kappa shape index (κ1) is 12.6. The largest absolute Gasteiger partial charge is 0.497 e. The summed E-state index contributed by atoms with van der Waals surface area (Å²) in [5.74, 6) is 1.75. The van der Waals surface area contributed by atoms with Crippen molar-refractivity contribution in [1.82, 2.24) is 0 Å². The van der Waals surface area contributed by atoms with Gasteiger partial charge in [0.2, 0.25) is 0 Å². The summed E-state index contributed by atoms with van der Waals surface area (Å²) >= 11 is 0. The zero-order valence-corrected chi connectivity index (χ0v) is 11.8. The molecule has 19 heavy (non-hydrogen) atoms. The van der Waals surface area contributed by atoms with Crippen molar-refractivity contribution in [2.24, 2.45) is 5.92 Å². The van der Waals surface area contributed by atoms with Gasteiger partial charge in [-0.2, -0.15) is 0 Å². The molecular weight excluding hydrogens is 236 g/mol. The van der Waals surface area contributed by atoms with Crippen LogP contribution < -0.4 is 15.4 Å². The van der Waals surface area contributed by atoms with Crippen molar-refractivity contribution in [3.63, 3.8) is 0 Å². The summed E-state index contributed by atoms with van der Waals surface area (Å²) in [6, 6.07) is 6.83. The molecule has 0 aromatic heterocycles. The fraction of sp³-hybridized carbons (Fsp3) is 0.625. The fourth-order valence-corrected chi connectivity index (χ4v) is 3.83. The molecular formula is C16H24N2O. The third-order valence-corrected chi connectivity index (χ3v) is 4.72. The van der Waals surface area contributed by atoms with Gasteiger partial charge in [-0.3, -0.25) is 0 Å². The maximum absolute atomic E-state index is 5.99. The van der Waals surface area contributed by atoms with Crippen molar-refractivity contribution >= 4 is 11.4 Å². The molecule has 2 N–H and O–H groups in total. The molecule has 1 aromatic carbocycles. The smallest absolute Gasteiger partial charge is 0.122 e. The minimum Gasteiger partial charge on any atom is -0.497 e. The number of ether oxygens (including phenoxy) is 1. The van der Waals surface area contributed by atoms with Crippen LogP contribution in [0.1, 0.15) is 38.5 Å². The van der Waals surface area contributed by atoms with Crippen LogP contribution in [0.5, 0.6) is 5.75 Å². The molecule has 1 aliphatic heterocycles. The molecule has 0 bridgehead atoms. The van der Waals surface area contributed by atoms with Crippen LogP contribution in [0.25, 0.3) is 0 Å². The molecule has 0 radical (unpaired) electrons. The number of methoxy groups -OCH3 is 1. The lowest BCUT2D eigenvalue weighted by atomic mass is 9.95. The number of nitrogen functional groups attached to an aromatic ring is 1. The number of benzene rings is 1. The number of nitrogens with zero attached hydrogens (tertiary/aromatic N) is 1. The van der Waals surface area contributed by atoms with Crippen LogP contribution in [-0.4, -0.2) is 19.7 Å². The van der Waals surface area contributed by atoms with Crippen molar-refractivity contribution in [3.8, 4) is 5.75 Å². The first-order valence-electron chi connectivity index (χ1n) is 7.49. The van der Waals surface area contributed by atoms with Gasteiger partial charge in [0.05, 0.1) is 7.11 Å². The number of hydrogen-bond donors (Lipinski definition) is 1. The van der Waals surface area contributed by atoms with Crippen LogP contribution in [0.3, 0.4) is 0 Å². The van der Waals surface area contributed by atoms with Crippen LogP contribution in [0.2, 0.25) is 0 Å². The quantitative estimate of drug-likeness (QED) is 0.846. The van der Waals surface area contributed by atoms with Crippen molar-refractivity contribution in [1.29, 1.82) is 0 Å². The van der Waals surface area contributed by atoms with Crippen molar-refractivity contribution in [2.75, 3.05) is 24.3 Å². The second-order valence-electron chi connectivity index (χ2n) is 5.91. The zero-order valence-electron chi connectivity index (χ0n) is 11.8. The van der Waals surface area contributed by atoms with Gasteiger partial charge in [0.15, 0.2) is 0 Å². The van der Waals surface area contributed by atoms with Gasteiger partial charge in [-0.05, 0) is 37.7 Å². The third-order valence-electron chi connectivity index (χ3n) is 4.72. The summed E-state index contributed by atoms with van der Waals surface area (Å²) in [5, 5.41) is 0. The Bertz CT molecular complexity index is 440. The Balaban J connectivity index is 1.85. The van der Waals surface area contributed by atoms with Crippen LogP contribution in [0.15, 0.2) is 18.2 Å².